The van der Waals surface area contributed by atoms with Crippen molar-refractivity contribution in [2.24, 2.45) is 0 Å². The molecular weight excluding hydrogens is 326 g/mol. The monoisotopic (exact) mass is 349 g/mol. The van der Waals surface area contributed by atoms with Gasteiger partial charge in [0.2, 0.25) is 11.3 Å². The highest BCUT2D eigenvalue weighted by molar-refractivity contribution is 5.81. The molecule has 1 amide bonds. The summed E-state index contributed by atoms with van der Waals surface area (Å²) >= 11 is 0. The minimum Gasteiger partial charge on any atom is -0.354 e. The molecule has 2 aromatic carbocycles. The Labute approximate surface area is 152 Å². The second-order valence-electron chi connectivity index (χ2n) is 7.21. The highest BCUT2D eigenvalue weighted by atomic mass is 16.2. The van der Waals surface area contributed by atoms with Crippen LogP contribution in [0.4, 0.5) is 0 Å². The van der Waals surface area contributed by atoms with Gasteiger partial charge in [-0.3, -0.25) is 14.3 Å². The molecule has 1 aromatic heterocycles. The third kappa shape index (κ3) is 3.82. The van der Waals surface area contributed by atoms with E-state index < -0.39 is 0 Å². The smallest absolute Gasteiger partial charge is 0.241 e. The standard InChI is InChI=1S/C21H23N3O2/c1-15-7-6-8-16(11-15)21(2,3)14-22-20(26)13-24-18-10-5-4-9-17(18)19(25)12-23-24/h4-12H,13-14H2,1-3H3,(H,22,26). The zero-order valence-electron chi connectivity index (χ0n) is 15.3. The van der Waals surface area contributed by atoms with Crippen molar-refractivity contribution in [3.05, 3.63) is 76.1 Å². The average Bonchev–Trinajstić information content (AvgIpc) is 2.63. The molecule has 0 aliphatic heterocycles. The number of carbonyl (C=O) groups excluding carboxylic acids is 1. The molecule has 3 aromatic rings. The Kier molecular flexibility index (Phi) is 4.89. The highest BCUT2D eigenvalue weighted by Gasteiger charge is 2.21. The third-order valence-electron chi connectivity index (χ3n) is 4.58. The molecule has 0 fully saturated rings. The van der Waals surface area contributed by atoms with Gasteiger partial charge >= 0.3 is 0 Å². The number of nitrogens with zero attached hydrogens (tertiary/aromatic N) is 2. The van der Waals surface area contributed by atoms with E-state index in [0.29, 0.717) is 17.4 Å². The fraction of sp³-hybridized carbons (Fsp3) is 0.286. The van der Waals surface area contributed by atoms with Crippen molar-refractivity contribution in [1.82, 2.24) is 15.1 Å². The van der Waals surface area contributed by atoms with Crippen LogP contribution in [0.3, 0.4) is 0 Å². The number of hydrogen-bond donors (Lipinski definition) is 1. The predicted octanol–water partition coefficient (Wildman–Crippen LogP) is 2.80. The summed E-state index contributed by atoms with van der Waals surface area (Å²) in [4.78, 5) is 24.3. The van der Waals surface area contributed by atoms with E-state index in [4.69, 9.17) is 0 Å². The molecule has 0 saturated heterocycles. The minimum absolute atomic E-state index is 0.0741. The molecular formula is C21H23N3O2. The topological polar surface area (TPSA) is 64.0 Å². The first-order valence-corrected chi connectivity index (χ1v) is 8.65. The lowest BCUT2D eigenvalue weighted by atomic mass is 9.84. The van der Waals surface area contributed by atoms with Gasteiger partial charge in [0.25, 0.3) is 0 Å². The summed E-state index contributed by atoms with van der Waals surface area (Å²) < 4.78 is 1.56. The van der Waals surface area contributed by atoms with Gasteiger partial charge in [0.1, 0.15) is 6.54 Å². The summed E-state index contributed by atoms with van der Waals surface area (Å²) in [6, 6.07) is 15.5. The van der Waals surface area contributed by atoms with Crippen LogP contribution in [0.2, 0.25) is 0 Å². The first kappa shape index (κ1) is 17.9. The molecule has 0 aliphatic rings. The van der Waals surface area contributed by atoms with E-state index in [0.717, 1.165) is 0 Å². The van der Waals surface area contributed by atoms with E-state index >= 15 is 0 Å². The second kappa shape index (κ2) is 7.12. The zero-order chi connectivity index (χ0) is 18.7. The van der Waals surface area contributed by atoms with Crippen molar-refractivity contribution in [3.63, 3.8) is 0 Å². The van der Waals surface area contributed by atoms with Crippen LogP contribution in [0.5, 0.6) is 0 Å². The lowest BCUT2D eigenvalue weighted by Gasteiger charge is -2.26. The SMILES string of the molecule is Cc1cccc(C(C)(C)CNC(=O)Cn2ncc(=O)c3ccccc32)c1. The van der Waals surface area contributed by atoms with Crippen LogP contribution in [0, 0.1) is 6.92 Å². The van der Waals surface area contributed by atoms with Gasteiger partial charge in [-0.1, -0.05) is 55.8 Å². The number of para-hydroxylation sites is 1. The molecule has 0 bridgehead atoms. The largest absolute Gasteiger partial charge is 0.354 e. The maximum atomic E-state index is 12.4. The van der Waals surface area contributed by atoms with E-state index in [9.17, 15) is 9.59 Å². The fourth-order valence-corrected chi connectivity index (χ4v) is 2.97. The van der Waals surface area contributed by atoms with Crippen molar-refractivity contribution in [3.8, 4) is 0 Å². The maximum absolute atomic E-state index is 12.4. The molecule has 0 spiro atoms. The van der Waals surface area contributed by atoms with Crippen LogP contribution in [0.25, 0.3) is 10.9 Å². The first-order valence-electron chi connectivity index (χ1n) is 8.65. The molecule has 134 valence electrons. The van der Waals surface area contributed by atoms with Crippen molar-refractivity contribution in [2.45, 2.75) is 32.7 Å². The Morgan fingerprint density at radius 3 is 2.69 bits per heavy atom. The molecule has 0 aliphatic carbocycles. The Morgan fingerprint density at radius 1 is 1.15 bits per heavy atom. The number of fused-ring (bicyclic) bond motifs is 1. The van der Waals surface area contributed by atoms with Gasteiger partial charge in [0.05, 0.1) is 11.7 Å². The molecule has 26 heavy (non-hydrogen) atoms. The van der Waals surface area contributed by atoms with E-state index in [1.54, 1.807) is 22.9 Å². The Hall–Kier alpha value is -2.95. The van der Waals surface area contributed by atoms with Crippen LogP contribution in [0.15, 0.2) is 59.5 Å². The number of benzene rings is 2. The predicted molar refractivity (Wildman–Crippen MR) is 103 cm³/mol. The minimum atomic E-state index is -0.180. The summed E-state index contributed by atoms with van der Waals surface area (Å²) in [7, 11) is 0. The summed E-state index contributed by atoms with van der Waals surface area (Å²) in [5.74, 6) is -0.132. The third-order valence-corrected chi connectivity index (χ3v) is 4.58. The molecule has 1 N–H and O–H groups in total. The lowest BCUT2D eigenvalue weighted by molar-refractivity contribution is -0.122. The molecule has 1 heterocycles. The Bertz CT molecular complexity index is 1010. The van der Waals surface area contributed by atoms with Gasteiger partial charge < -0.3 is 5.32 Å². The summed E-state index contributed by atoms with van der Waals surface area (Å²) in [6.07, 6.45) is 1.26. The number of carbonyl (C=O) groups is 1. The molecule has 3 rings (SSSR count). The van der Waals surface area contributed by atoms with E-state index in [1.807, 2.05) is 12.1 Å². The number of hydrogen-bond acceptors (Lipinski definition) is 3. The van der Waals surface area contributed by atoms with Gasteiger partial charge in [-0.15, -0.1) is 0 Å². The molecule has 0 saturated carbocycles. The Morgan fingerprint density at radius 2 is 1.92 bits per heavy atom. The highest BCUT2D eigenvalue weighted by Crippen LogP contribution is 2.23. The molecule has 5 nitrogen and oxygen atoms in total. The van der Waals surface area contributed by atoms with Crippen molar-refractivity contribution < 1.29 is 4.79 Å². The number of aromatic nitrogens is 2. The Balaban J connectivity index is 1.72. The fourth-order valence-electron chi connectivity index (χ4n) is 2.97. The summed E-state index contributed by atoms with van der Waals surface area (Å²) in [5, 5.41) is 7.66. The quantitative estimate of drug-likeness (QED) is 0.770. The maximum Gasteiger partial charge on any atom is 0.241 e. The van der Waals surface area contributed by atoms with Crippen LogP contribution < -0.4 is 10.7 Å². The van der Waals surface area contributed by atoms with E-state index in [1.165, 1.54) is 17.3 Å². The molecule has 0 atom stereocenters. The van der Waals surface area contributed by atoms with Crippen molar-refractivity contribution >= 4 is 16.8 Å². The van der Waals surface area contributed by atoms with Gasteiger partial charge in [0, 0.05) is 17.3 Å². The van der Waals surface area contributed by atoms with Gasteiger partial charge in [-0.2, -0.15) is 5.10 Å². The van der Waals surface area contributed by atoms with E-state index in [2.05, 4.69) is 49.4 Å². The van der Waals surface area contributed by atoms with Crippen LogP contribution >= 0.6 is 0 Å². The average molecular weight is 349 g/mol. The normalized spacial score (nSPS) is 11.5. The first-order chi connectivity index (χ1) is 12.4. The van der Waals surface area contributed by atoms with Crippen LogP contribution in [-0.2, 0) is 16.8 Å². The van der Waals surface area contributed by atoms with Gasteiger partial charge in [0.15, 0.2) is 0 Å². The van der Waals surface area contributed by atoms with Crippen LogP contribution in [-0.4, -0.2) is 22.2 Å². The number of aryl methyl sites for hydroxylation is 1. The van der Waals surface area contributed by atoms with Crippen molar-refractivity contribution in [2.75, 3.05) is 6.54 Å². The summed E-state index contributed by atoms with van der Waals surface area (Å²) in [5.41, 5.74) is 2.72. The second-order valence-corrected chi connectivity index (χ2v) is 7.21. The number of amides is 1. The lowest BCUT2D eigenvalue weighted by Crippen LogP contribution is -2.38. The molecule has 5 heteroatoms. The zero-order valence-corrected chi connectivity index (χ0v) is 15.3. The number of nitrogens with one attached hydrogen (secondary N) is 1. The van der Waals surface area contributed by atoms with Gasteiger partial charge in [-0.25, -0.2) is 0 Å². The molecule has 0 unspecified atom stereocenters. The molecule has 0 radical (unpaired) electrons. The number of rotatable bonds is 5. The van der Waals surface area contributed by atoms with Gasteiger partial charge in [-0.05, 0) is 24.6 Å². The van der Waals surface area contributed by atoms with Crippen molar-refractivity contribution in [1.29, 1.82) is 0 Å². The van der Waals surface area contributed by atoms with E-state index in [-0.39, 0.29) is 23.3 Å². The summed E-state index contributed by atoms with van der Waals surface area (Å²) in [6.45, 7) is 6.87. The van der Waals surface area contributed by atoms with Crippen LogP contribution in [0.1, 0.15) is 25.0 Å².